The van der Waals surface area contributed by atoms with Gasteiger partial charge in [-0.15, -0.1) is 9.05 Å². The molecular weight excluding hydrogens is 742 g/mol. The molecule has 0 aliphatic carbocycles. The van der Waals surface area contributed by atoms with Crippen LogP contribution in [0.15, 0.2) is 55.9 Å². The van der Waals surface area contributed by atoms with Crippen molar-refractivity contribution < 1.29 is 51.7 Å². The summed E-state index contributed by atoms with van der Waals surface area (Å²) in [5, 5.41) is 13.4. The fourth-order valence-corrected chi connectivity index (χ4v) is 9.23. The number of carbonyl (C=O) groups excluding carboxylic acids is 1. The minimum Gasteiger partial charge on any atom is -0.397 e. The highest BCUT2D eigenvalue weighted by Crippen LogP contribution is 2.57. The molecule has 19 nitrogen and oxygen atoms in total. The molecule has 4 aromatic rings. The van der Waals surface area contributed by atoms with Crippen LogP contribution in [0.1, 0.15) is 40.6 Å². The van der Waals surface area contributed by atoms with Crippen molar-refractivity contribution in [3.63, 3.8) is 0 Å². The number of aliphatic hydroxyl groups excluding tert-OH is 1. The van der Waals surface area contributed by atoms with E-state index in [0.29, 0.717) is 22.6 Å². The van der Waals surface area contributed by atoms with E-state index in [1.807, 2.05) is 0 Å². The number of imidazole rings is 2. The predicted molar refractivity (Wildman–Crippen MR) is 183 cm³/mol. The molecular formula is C30H33N8O11P2S+. The summed E-state index contributed by atoms with van der Waals surface area (Å²) in [6, 6.07) is 8.62. The van der Waals surface area contributed by atoms with Crippen molar-refractivity contribution in [1.82, 2.24) is 29.1 Å². The molecule has 4 saturated heterocycles. The van der Waals surface area contributed by atoms with Crippen LogP contribution in [0.2, 0.25) is 0 Å². The number of carbonyl (C=O) groups is 1. The summed E-state index contributed by atoms with van der Waals surface area (Å²) in [4.78, 5) is 41.6. The van der Waals surface area contributed by atoms with E-state index in [1.165, 1.54) is 19.0 Å². The molecule has 0 saturated carbocycles. The lowest BCUT2D eigenvalue weighted by Gasteiger charge is -2.33. The van der Waals surface area contributed by atoms with Crippen LogP contribution in [0.4, 0.5) is 5.82 Å². The highest BCUT2D eigenvalue weighted by molar-refractivity contribution is 8.07. The van der Waals surface area contributed by atoms with Crippen LogP contribution in [0.3, 0.4) is 0 Å². The molecule has 8 rings (SSSR count). The molecule has 4 aliphatic rings. The monoisotopic (exact) mass is 775 g/mol. The van der Waals surface area contributed by atoms with Crippen molar-refractivity contribution in [3.8, 4) is 0 Å². The van der Waals surface area contributed by atoms with Gasteiger partial charge in [-0.2, -0.15) is 0 Å². The molecule has 0 spiro atoms. The topological polar surface area (TPSA) is 239 Å². The Morgan fingerprint density at radius 1 is 1.15 bits per heavy atom. The summed E-state index contributed by atoms with van der Waals surface area (Å²) >= 11 is 5.46. The molecule has 2 bridgehead atoms. The third-order valence-electron chi connectivity index (χ3n) is 9.52. The number of rotatable bonds is 6. The number of benzene rings is 1. The lowest BCUT2D eigenvalue weighted by atomic mass is 9.99. The van der Waals surface area contributed by atoms with Crippen molar-refractivity contribution >= 4 is 55.4 Å². The van der Waals surface area contributed by atoms with Gasteiger partial charge in [0.1, 0.15) is 42.7 Å². The first-order valence-corrected chi connectivity index (χ1v) is 19.6. The van der Waals surface area contributed by atoms with Crippen molar-refractivity contribution in [2.24, 2.45) is 5.73 Å². The van der Waals surface area contributed by atoms with Gasteiger partial charge in [0.2, 0.25) is 0 Å². The summed E-state index contributed by atoms with van der Waals surface area (Å²) in [6.07, 6.45) is -0.498. The van der Waals surface area contributed by atoms with Crippen molar-refractivity contribution in [2.45, 2.75) is 55.3 Å². The zero-order chi connectivity index (χ0) is 36.4. The number of hydrogen-bond acceptors (Lipinski definition) is 16. The van der Waals surface area contributed by atoms with Crippen LogP contribution in [0, 0.1) is 6.92 Å². The highest BCUT2D eigenvalue weighted by atomic mass is 32.5. The van der Waals surface area contributed by atoms with Crippen LogP contribution < -0.4 is 11.1 Å². The Bertz CT molecular complexity index is 2120. The van der Waals surface area contributed by atoms with Crippen molar-refractivity contribution in [2.75, 3.05) is 31.7 Å². The highest BCUT2D eigenvalue weighted by Gasteiger charge is 2.66. The lowest BCUT2D eigenvalue weighted by Crippen LogP contribution is -2.49. The van der Waals surface area contributed by atoms with Gasteiger partial charge in [0.15, 0.2) is 34.9 Å². The van der Waals surface area contributed by atoms with Gasteiger partial charge in [-0.1, -0.05) is 24.8 Å². The van der Waals surface area contributed by atoms with E-state index in [2.05, 4.69) is 31.8 Å². The molecule has 0 radical (unpaired) electrons. The third kappa shape index (κ3) is 6.08. The number of nitrogens with zero attached hydrogens (tertiary/aromatic N) is 6. The number of hydrogen-bond donors (Lipinski definition) is 4. The molecule has 5 N–H and O–H groups in total. The Morgan fingerprint density at radius 2 is 1.94 bits per heavy atom. The zero-order valence-electron chi connectivity index (χ0n) is 27.4. The van der Waals surface area contributed by atoms with Crippen molar-refractivity contribution in [1.29, 1.82) is 0 Å². The Balaban J connectivity index is 1.06. The van der Waals surface area contributed by atoms with E-state index in [4.69, 9.17) is 49.8 Å². The average molecular weight is 776 g/mol. The van der Waals surface area contributed by atoms with Crippen LogP contribution in [0.25, 0.3) is 16.9 Å². The fourth-order valence-electron chi connectivity index (χ4n) is 6.88. The first kappa shape index (κ1) is 35.4. The number of aromatic nitrogens is 6. The van der Waals surface area contributed by atoms with Gasteiger partial charge in [0.05, 0.1) is 38.2 Å². The molecule has 9 atom stereocenters. The molecule has 22 heteroatoms. The first-order chi connectivity index (χ1) is 24.9. The Morgan fingerprint density at radius 3 is 2.69 bits per heavy atom. The number of aliphatic hydroxyl groups is 1. The third-order valence-corrected chi connectivity index (χ3v) is 11.8. The number of nitrogens with two attached hydrogens (primary N) is 1. The average Bonchev–Trinajstić information content (AvgIpc) is 3.94. The smallest absolute Gasteiger partial charge is 0.397 e. The minimum absolute atomic E-state index is 0.0814. The maximum atomic E-state index is 13.4. The van der Waals surface area contributed by atoms with Crippen molar-refractivity contribution in [3.05, 3.63) is 72.8 Å². The van der Waals surface area contributed by atoms with Crippen LogP contribution in [-0.4, -0.2) is 101 Å². The zero-order valence-corrected chi connectivity index (χ0v) is 30.0. The second-order valence-electron chi connectivity index (χ2n) is 12.7. The summed E-state index contributed by atoms with van der Waals surface area (Å²) in [5.74, 6) is -0.223. The number of fused-ring (bicyclic) bond motifs is 2. The van der Waals surface area contributed by atoms with E-state index in [0.717, 1.165) is 0 Å². The number of ether oxygens (including phenoxy) is 3. The van der Waals surface area contributed by atoms with E-state index in [1.54, 1.807) is 46.4 Å². The standard InChI is InChI=1S/C30H32N8O11P2S/c1-16(31)21-17(2)37(14-34-21)20-8-19-29(9-39,46-20)12-45-51(42,52)49-24-23-28(47-30(24,10-43-23)11-44-50(41)48-19)38-15-35-22-25(32-13-33-26(22)38)36-27(40)18-6-4-3-5-7-18/h3-7,13-15,19-20,23-24,28,39H,1,8-12,31H2,2H3,(H-,32,33,36,40,42,52)/p+1. The largest absolute Gasteiger partial charge is 0.697 e. The lowest BCUT2D eigenvalue weighted by molar-refractivity contribution is -0.184. The molecule has 9 unspecified atom stereocenters. The molecule has 3 aromatic heterocycles. The SMILES string of the molecule is C=C(N)c1ncn(C2CC3O[P+](=O)OCC45COC(C(n6cnc7c(NC(=O)c8ccccc8)ncnc76)O4)C5OP(O)(=S)OCC3(CO)O2)c1C. The maximum absolute atomic E-state index is 13.4. The Labute approximate surface area is 301 Å². The summed E-state index contributed by atoms with van der Waals surface area (Å²) in [5.41, 5.74) is 5.14. The molecule has 1 amide bonds. The summed E-state index contributed by atoms with van der Waals surface area (Å²) in [6.45, 7) is -0.235. The number of nitrogens with one attached hydrogen (secondary N) is 1. The maximum Gasteiger partial charge on any atom is 0.697 e. The normalized spacial score (nSPS) is 34.0. The van der Waals surface area contributed by atoms with Crippen LogP contribution in [0.5, 0.6) is 0 Å². The van der Waals surface area contributed by atoms with Gasteiger partial charge < -0.3 is 44.4 Å². The Hall–Kier alpha value is -3.62. The summed E-state index contributed by atoms with van der Waals surface area (Å²) in [7, 11) is -2.85. The van der Waals surface area contributed by atoms with Gasteiger partial charge in [-0.25, -0.2) is 19.9 Å². The molecule has 4 aliphatic heterocycles. The Kier molecular flexibility index (Phi) is 9.09. The minimum atomic E-state index is -4.13. The molecule has 7 heterocycles. The van der Waals surface area contributed by atoms with Crippen LogP contribution >= 0.6 is 15.0 Å². The first-order valence-electron chi connectivity index (χ1n) is 16.0. The van der Waals surface area contributed by atoms with Gasteiger partial charge in [-0.05, 0) is 30.9 Å². The van der Waals surface area contributed by atoms with E-state index >= 15 is 0 Å². The van der Waals surface area contributed by atoms with Gasteiger partial charge in [0.25, 0.3) is 5.91 Å². The second kappa shape index (κ2) is 13.3. The number of amides is 1. The summed E-state index contributed by atoms with van der Waals surface area (Å²) < 4.78 is 59.1. The molecule has 52 heavy (non-hydrogen) atoms. The van der Waals surface area contributed by atoms with E-state index in [9.17, 15) is 19.4 Å². The second-order valence-corrected chi connectivity index (χ2v) is 16.4. The molecule has 1 aromatic carbocycles. The quantitative estimate of drug-likeness (QED) is 0.205. The van der Waals surface area contributed by atoms with Crippen LogP contribution in [-0.2, 0) is 48.7 Å². The van der Waals surface area contributed by atoms with Gasteiger partial charge in [0, 0.05) is 22.2 Å². The molecule has 4 fully saturated rings. The predicted octanol–water partition coefficient (Wildman–Crippen LogP) is 2.22. The number of anilines is 1. The fraction of sp³-hybridized carbons (Fsp3) is 0.433. The van der Waals surface area contributed by atoms with E-state index < -0.39 is 76.1 Å². The molecule has 274 valence electrons. The van der Waals surface area contributed by atoms with E-state index in [-0.39, 0.29) is 36.7 Å². The van der Waals surface area contributed by atoms with Gasteiger partial charge >= 0.3 is 15.0 Å². The van der Waals surface area contributed by atoms with Gasteiger partial charge in [-0.3, -0.25) is 13.9 Å².